The molecule has 92 valence electrons. The van der Waals surface area contributed by atoms with Crippen LogP contribution in [0, 0.1) is 0 Å². The number of rotatable bonds is 9. The molecule has 0 bridgehead atoms. The zero-order valence-corrected chi connectivity index (χ0v) is 10.9. The number of nitrogens with one attached hydrogen (secondary N) is 2. The summed E-state index contributed by atoms with van der Waals surface area (Å²) in [5.74, 6) is 0.160. The highest BCUT2D eigenvalue weighted by Crippen LogP contribution is 2.03. The van der Waals surface area contributed by atoms with Gasteiger partial charge < -0.3 is 5.32 Å². The third-order valence-electron chi connectivity index (χ3n) is 2.39. The van der Waals surface area contributed by atoms with Crippen molar-refractivity contribution in [2.45, 2.75) is 45.6 Å². The maximum Gasteiger partial charge on any atom is 0.212 e. The first-order chi connectivity index (χ1) is 7.05. The Labute approximate surface area is 93.9 Å². The first-order valence-corrected chi connectivity index (χ1v) is 7.35. The third-order valence-corrected chi connectivity index (χ3v) is 3.75. The summed E-state index contributed by atoms with van der Waals surface area (Å²) in [5, 5.41) is 3.29. The van der Waals surface area contributed by atoms with Gasteiger partial charge in [0.2, 0.25) is 10.0 Å². The second-order valence-electron chi connectivity index (χ2n) is 3.75. The Balaban J connectivity index is 3.79. The Morgan fingerprint density at radius 2 is 1.67 bits per heavy atom. The minimum Gasteiger partial charge on any atom is -0.313 e. The lowest BCUT2D eigenvalue weighted by Gasteiger charge is -2.16. The topological polar surface area (TPSA) is 58.2 Å². The van der Waals surface area contributed by atoms with Gasteiger partial charge in [0.05, 0.1) is 5.75 Å². The van der Waals surface area contributed by atoms with Crippen LogP contribution in [-0.2, 0) is 10.0 Å². The SMILES string of the molecule is CCCC(CCC)NCCS(=O)(=O)NC. The molecule has 0 saturated carbocycles. The molecule has 0 saturated heterocycles. The first-order valence-electron chi connectivity index (χ1n) is 5.70. The maximum absolute atomic E-state index is 11.1. The predicted octanol–water partition coefficient (Wildman–Crippen LogP) is 1.09. The van der Waals surface area contributed by atoms with Crippen molar-refractivity contribution in [3.8, 4) is 0 Å². The summed E-state index contributed by atoms with van der Waals surface area (Å²) in [6.07, 6.45) is 4.51. The zero-order valence-electron chi connectivity index (χ0n) is 10.0. The monoisotopic (exact) mass is 236 g/mol. The summed E-state index contributed by atoms with van der Waals surface area (Å²) in [5.41, 5.74) is 0. The quantitative estimate of drug-likeness (QED) is 0.630. The van der Waals surface area contributed by atoms with Crippen molar-refractivity contribution in [1.29, 1.82) is 0 Å². The zero-order chi connectivity index (χ0) is 11.7. The van der Waals surface area contributed by atoms with Crippen molar-refractivity contribution in [2.24, 2.45) is 0 Å². The minimum atomic E-state index is -3.06. The molecule has 0 heterocycles. The molecular formula is C10H24N2O2S. The molecule has 4 nitrogen and oxygen atoms in total. The van der Waals surface area contributed by atoms with Crippen molar-refractivity contribution in [2.75, 3.05) is 19.3 Å². The van der Waals surface area contributed by atoms with Crippen molar-refractivity contribution in [3.05, 3.63) is 0 Å². The fourth-order valence-corrected chi connectivity index (χ4v) is 2.14. The van der Waals surface area contributed by atoms with E-state index in [0.29, 0.717) is 12.6 Å². The number of hydrogen-bond donors (Lipinski definition) is 2. The van der Waals surface area contributed by atoms with Crippen LogP contribution in [0.3, 0.4) is 0 Å². The van der Waals surface area contributed by atoms with E-state index in [1.54, 1.807) is 0 Å². The van der Waals surface area contributed by atoms with Gasteiger partial charge in [-0.05, 0) is 19.9 Å². The van der Waals surface area contributed by atoms with Crippen LogP contribution in [0.15, 0.2) is 0 Å². The highest BCUT2D eigenvalue weighted by atomic mass is 32.2. The molecule has 0 fully saturated rings. The molecule has 0 aromatic carbocycles. The molecule has 0 atom stereocenters. The van der Waals surface area contributed by atoms with E-state index < -0.39 is 10.0 Å². The Morgan fingerprint density at radius 1 is 1.13 bits per heavy atom. The molecule has 0 aliphatic carbocycles. The van der Waals surface area contributed by atoms with E-state index in [-0.39, 0.29) is 5.75 Å². The Bertz CT molecular complexity index is 234. The molecule has 0 aromatic rings. The van der Waals surface area contributed by atoms with Gasteiger partial charge in [-0.15, -0.1) is 0 Å². The van der Waals surface area contributed by atoms with Gasteiger partial charge in [0, 0.05) is 12.6 Å². The predicted molar refractivity (Wildman–Crippen MR) is 64.5 cm³/mol. The Hall–Kier alpha value is -0.130. The van der Waals surface area contributed by atoms with Crippen LogP contribution in [0.5, 0.6) is 0 Å². The molecule has 0 amide bonds. The highest BCUT2D eigenvalue weighted by molar-refractivity contribution is 7.89. The van der Waals surface area contributed by atoms with Crippen LogP contribution >= 0.6 is 0 Å². The van der Waals surface area contributed by atoms with Crippen molar-refractivity contribution in [3.63, 3.8) is 0 Å². The van der Waals surface area contributed by atoms with Gasteiger partial charge in [-0.1, -0.05) is 26.7 Å². The van der Waals surface area contributed by atoms with Gasteiger partial charge >= 0.3 is 0 Å². The lowest BCUT2D eigenvalue weighted by atomic mass is 10.1. The van der Waals surface area contributed by atoms with Gasteiger partial charge in [0.15, 0.2) is 0 Å². The Morgan fingerprint density at radius 3 is 2.07 bits per heavy atom. The van der Waals surface area contributed by atoms with Crippen LogP contribution in [0.25, 0.3) is 0 Å². The van der Waals surface area contributed by atoms with Crippen LogP contribution in [0.2, 0.25) is 0 Å². The van der Waals surface area contributed by atoms with Gasteiger partial charge in [0.1, 0.15) is 0 Å². The molecule has 0 aromatic heterocycles. The lowest BCUT2D eigenvalue weighted by Crippen LogP contribution is -2.35. The molecule has 0 unspecified atom stereocenters. The average Bonchev–Trinajstić information content (AvgIpc) is 2.18. The standard InChI is InChI=1S/C10H24N2O2S/c1-4-6-10(7-5-2)12-8-9-15(13,14)11-3/h10-12H,4-9H2,1-3H3. The van der Waals surface area contributed by atoms with Crippen LogP contribution in [-0.4, -0.2) is 33.8 Å². The summed E-state index contributed by atoms with van der Waals surface area (Å²) in [6, 6.07) is 0.465. The third kappa shape index (κ3) is 7.76. The number of sulfonamides is 1. The fourth-order valence-electron chi connectivity index (χ4n) is 1.54. The summed E-state index contributed by atoms with van der Waals surface area (Å²) in [4.78, 5) is 0. The molecule has 5 heteroatoms. The van der Waals surface area contributed by atoms with E-state index in [4.69, 9.17) is 0 Å². The van der Waals surface area contributed by atoms with E-state index in [9.17, 15) is 8.42 Å². The molecule has 0 radical (unpaired) electrons. The first kappa shape index (κ1) is 14.9. The average molecular weight is 236 g/mol. The summed E-state index contributed by atoms with van der Waals surface area (Å²) in [6.45, 7) is 4.83. The highest BCUT2D eigenvalue weighted by Gasteiger charge is 2.09. The van der Waals surface area contributed by atoms with Gasteiger partial charge in [-0.2, -0.15) is 0 Å². The molecule has 0 rings (SSSR count). The fraction of sp³-hybridized carbons (Fsp3) is 1.00. The molecular weight excluding hydrogens is 212 g/mol. The molecule has 2 N–H and O–H groups in total. The Kier molecular flexibility index (Phi) is 8.00. The molecule has 0 aliphatic rings. The van der Waals surface area contributed by atoms with Crippen molar-refractivity contribution in [1.82, 2.24) is 10.0 Å². The summed E-state index contributed by atoms with van der Waals surface area (Å²) < 4.78 is 24.6. The van der Waals surface area contributed by atoms with Crippen LogP contribution in [0.1, 0.15) is 39.5 Å². The van der Waals surface area contributed by atoms with E-state index >= 15 is 0 Å². The second-order valence-corrected chi connectivity index (χ2v) is 5.80. The minimum absolute atomic E-state index is 0.160. The van der Waals surface area contributed by atoms with Crippen LogP contribution in [0.4, 0.5) is 0 Å². The van der Waals surface area contributed by atoms with Gasteiger partial charge in [-0.25, -0.2) is 13.1 Å². The smallest absolute Gasteiger partial charge is 0.212 e. The van der Waals surface area contributed by atoms with E-state index in [0.717, 1.165) is 25.7 Å². The van der Waals surface area contributed by atoms with Gasteiger partial charge in [0.25, 0.3) is 0 Å². The molecule has 0 aliphatic heterocycles. The summed E-state index contributed by atoms with van der Waals surface area (Å²) >= 11 is 0. The molecule has 0 spiro atoms. The van der Waals surface area contributed by atoms with Crippen molar-refractivity contribution < 1.29 is 8.42 Å². The normalized spacial score (nSPS) is 12.3. The van der Waals surface area contributed by atoms with Gasteiger partial charge in [-0.3, -0.25) is 0 Å². The second kappa shape index (κ2) is 8.07. The molecule has 15 heavy (non-hydrogen) atoms. The van der Waals surface area contributed by atoms with E-state index in [1.807, 2.05) is 0 Å². The lowest BCUT2D eigenvalue weighted by molar-refractivity contribution is 0.454. The maximum atomic E-state index is 11.1. The van der Waals surface area contributed by atoms with E-state index in [1.165, 1.54) is 7.05 Å². The van der Waals surface area contributed by atoms with E-state index in [2.05, 4.69) is 23.9 Å². The number of hydrogen-bond acceptors (Lipinski definition) is 3. The largest absolute Gasteiger partial charge is 0.313 e. The summed E-state index contributed by atoms with van der Waals surface area (Å²) in [7, 11) is -1.61. The van der Waals surface area contributed by atoms with Crippen molar-refractivity contribution >= 4 is 10.0 Å². The van der Waals surface area contributed by atoms with Crippen LogP contribution < -0.4 is 10.0 Å².